The van der Waals surface area contributed by atoms with Gasteiger partial charge < -0.3 is 10.0 Å². The number of amides is 1. The van der Waals surface area contributed by atoms with Crippen molar-refractivity contribution in [2.75, 3.05) is 6.54 Å². The fraction of sp³-hybridized carbons (Fsp3) is 0.579. The number of nitrogens with zero attached hydrogens (tertiary/aromatic N) is 4. The summed E-state index contributed by atoms with van der Waals surface area (Å²) in [5.74, 6) is 0.405. The molecule has 1 aromatic carbocycles. The standard InChI is InChI=1S/C19H26N4O4/c1-19(2,3)17-10-13(6-8-21(17)18(24)25)7-9-22-16-11-15(23(26)27)5-4-14(16)12-20-22/h4-5,11-13,17H,6-10H2,1-3H3,(H,24,25). The summed E-state index contributed by atoms with van der Waals surface area (Å²) >= 11 is 0. The number of aromatic nitrogens is 2. The highest BCUT2D eigenvalue weighted by molar-refractivity contribution is 5.80. The Balaban J connectivity index is 1.72. The number of carboxylic acid groups (broad SMARTS) is 1. The Kier molecular flexibility index (Phi) is 5.08. The first-order chi connectivity index (χ1) is 12.7. The molecule has 1 saturated heterocycles. The van der Waals surface area contributed by atoms with Gasteiger partial charge in [-0.2, -0.15) is 5.10 Å². The van der Waals surface area contributed by atoms with Gasteiger partial charge in [0.25, 0.3) is 5.69 Å². The second kappa shape index (κ2) is 7.17. The molecule has 1 N–H and O–H groups in total. The Morgan fingerprint density at radius 3 is 2.78 bits per heavy atom. The van der Waals surface area contributed by atoms with Crippen molar-refractivity contribution in [1.82, 2.24) is 14.7 Å². The fourth-order valence-corrected chi connectivity index (χ4v) is 4.01. The van der Waals surface area contributed by atoms with Crippen LogP contribution in [0.15, 0.2) is 24.4 Å². The zero-order chi connectivity index (χ0) is 19.8. The van der Waals surface area contributed by atoms with Crippen LogP contribution in [0.4, 0.5) is 10.5 Å². The lowest BCUT2D eigenvalue weighted by molar-refractivity contribution is -0.384. The van der Waals surface area contributed by atoms with E-state index in [-0.39, 0.29) is 17.1 Å². The molecule has 0 aliphatic carbocycles. The van der Waals surface area contributed by atoms with Gasteiger partial charge in [-0.05, 0) is 36.7 Å². The van der Waals surface area contributed by atoms with Crippen molar-refractivity contribution in [3.63, 3.8) is 0 Å². The van der Waals surface area contributed by atoms with Crippen LogP contribution in [-0.2, 0) is 6.54 Å². The molecular weight excluding hydrogens is 348 g/mol. The number of benzene rings is 1. The van der Waals surface area contributed by atoms with Crippen molar-refractivity contribution in [3.05, 3.63) is 34.5 Å². The third-order valence-electron chi connectivity index (χ3n) is 5.54. The van der Waals surface area contributed by atoms with Crippen LogP contribution < -0.4 is 0 Å². The number of piperidine rings is 1. The minimum Gasteiger partial charge on any atom is -0.465 e. The van der Waals surface area contributed by atoms with Crippen LogP contribution in [0.1, 0.15) is 40.0 Å². The van der Waals surface area contributed by atoms with Crippen molar-refractivity contribution in [3.8, 4) is 0 Å². The topological polar surface area (TPSA) is 101 Å². The van der Waals surface area contributed by atoms with Gasteiger partial charge in [-0.15, -0.1) is 0 Å². The highest BCUT2D eigenvalue weighted by Crippen LogP contribution is 2.36. The number of hydrogen-bond donors (Lipinski definition) is 1. The van der Waals surface area contributed by atoms with E-state index in [4.69, 9.17) is 0 Å². The molecule has 2 unspecified atom stereocenters. The van der Waals surface area contributed by atoms with E-state index in [9.17, 15) is 20.0 Å². The molecule has 1 aliphatic rings. The lowest BCUT2D eigenvalue weighted by Crippen LogP contribution is -2.51. The summed E-state index contributed by atoms with van der Waals surface area (Å²) < 4.78 is 1.82. The van der Waals surface area contributed by atoms with Crippen molar-refractivity contribution in [2.45, 2.75) is 52.6 Å². The Bertz CT molecular complexity index is 855. The van der Waals surface area contributed by atoms with Gasteiger partial charge in [0.15, 0.2) is 0 Å². The number of nitro benzene ring substituents is 1. The number of nitro groups is 1. The molecule has 1 fully saturated rings. The SMILES string of the molecule is CC(C)(C)C1CC(CCn2ncc3ccc([N+](=O)[O-])cc32)CCN1C(=O)O. The molecule has 1 aromatic heterocycles. The lowest BCUT2D eigenvalue weighted by Gasteiger charge is -2.44. The van der Waals surface area contributed by atoms with E-state index in [0.29, 0.717) is 19.0 Å². The molecule has 0 spiro atoms. The normalized spacial score (nSPS) is 20.8. The van der Waals surface area contributed by atoms with E-state index >= 15 is 0 Å². The molecule has 0 radical (unpaired) electrons. The minimum atomic E-state index is -0.848. The molecule has 1 amide bonds. The molecule has 1 aliphatic heterocycles. The van der Waals surface area contributed by atoms with Gasteiger partial charge in [0.05, 0.1) is 16.6 Å². The molecular formula is C19H26N4O4. The highest BCUT2D eigenvalue weighted by Gasteiger charge is 2.38. The second-order valence-corrected chi connectivity index (χ2v) is 8.40. The molecule has 2 atom stereocenters. The molecule has 2 heterocycles. The van der Waals surface area contributed by atoms with E-state index < -0.39 is 11.0 Å². The number of aryl methyl sites for hydroxylation is 1. The highest BCUT2D eigenvalue weighted by atomic mass is 16.6. The Morgan fingerprint density at radius 2 is 2.15 bits per heavy atom. The van der Waals surface area contributed by atoms with Gasteiger partial charge in [0, 0.05) is 36.7 Å². The molecule has 0 saturated carbocycles. The second-order valence-electron chi connectivity index (χ2n) is 8.40. The summed E-state index contributed by atoms with van der Waals surface area (Å²) in [5.41, 5.74) is 0.710. The smallest absolute Gasteiger partial charge is 0.407 e. The Labute approximate surface area is 157 Å². The zero-order valence-electron chi connectivity index (χ0n) is 16.0. The summed E-state index contributed by atoms with van der Waals surface area (Å²) in [7, 11) is 0. The third-order valence-corrected chi connectivity index (χ3v) is 5.54. The van der Waals surface area contributed by atoms with Crippen LogP contribution in [0, 0.1) is 21.4 Å². The average molecular weight is 374 g/mol. The van der Waals surface area contributed by atoms with E-state index in [2.05, 4.69) is 25.9 Å². The maximum absolute atomic E-state index is 11.6. The maximum Gasteiger partial charge on any atom is 0.407 e. The number of non-ortho nitro benzene ring substituents is 1. The van der Waals surface area contributed by atoms with Crippen LogP contribution in [0.5, 0.6) is 0 Å². The van der Waals surface area contributed by atoms with Gasteiger partial charge in [0.2, 0.25) is 0 Å². The number of hydrogen-bond acceptors (Lipinski definition) is 4. The van der Waals surface area contributed by atoms with Crippen LogP contribution in [0.3, 0.4) is 0 Å². The van der Waals surface area contributed by atoms with Crippen molar-refractivity contribution >= 4 is 22.7 Å². The molecule has 27 heavy (non-hydrogen) atoms. The van der Waals surface area contributed by atoms with Gasteiger partial charge in [-0.1, -0.05) is 20.8 Å². The third kappa shape index (κ3) is 4.04. The first-order valence-electron chi connectivity index (χ1n) is 9.26. The quantitative estimate of drug-likeness (QED) is 0.640. The first kappa shape index (κ1) is 19.1. The maximum atomic E-state index is 11.6. The van der Waals surface area contributed by atoms with Gasteiger partial charge in [-0.3, -0.25) is 14.8 Å². The van der Waals surface area contributed by atoms with E-state index in [1.54, 1.807) is 23.2 Å². The Morgan fingerprint density at radius 1 is 1.41 bits per heavy atom. The number of likely N-dealkylation sites (tertiary alicyclic amines) is 1. The molecule has 8 heteroatoms. The van der Waals surface area contributed by atoms with Crippen LogP contribution in [0.25, 0.3) is 10.9 Å². The summed E-state index contributed by atoms with van der Waals surface area (Å²) in [5, 5.41) is 25.8. The van der Waals surface area contributed by atoms with E-state index in [1.165, 1.54) is 6.07 Å². The van der Waals surface area contributed by atoms with Crippen molar-refractivity contribution < 1.29 is 14.8 Å². The Hall–Kier alpha value is -2.64. The first-order valence-corrected chi connectivity index (χ1v) is 9.26. The summed E-state index contributed by atoms with van der Waals surface area (Å²) in [6.45, 7) is 7.45. The average Bonchev–Trinajstić information content (AvgIpc) is 3.01. The number of rotatable bonds is 4. The van der Waals surface area contributed by atoms with Gasteiger partial charge >= 0.3 is 6.09 Å². The van der Waals surface area contributed by atoms with Gasteiger partial charge in [0.1, 0.15) is 0 Å². The lowest BCUT2D eigenvalue weighted by atomic mass is 9.76. The van der Waals surface area contributed by atoms with Crippen LogP contribution >= 0.6 is 0 Å². The zero-order valence-corrected chi connectivity index (χ0v) is 16.0. The van der Waals surface area contributed by atoms with Crippen molar-refractivity contribution in [1.29, 1.82) is 0 Å². The minimum absolute atomic E-state index is 0.01000. The van der Waals surface area contributed by atoms with Gasteiger partial charge in [-0.25, -0.2) is 4.79 Å². The number of carbonyl (C=O) groups is 1. The molecule has 146 valence electrons. The predicted octanol–water partition coefficient (Wildman–Crippen LogP) is 4.14. The fourth-order valence-electron chi connectivity index (χ4n) is 4.01. The molecule has 3 rings (SSSR count). The molecule has 2 aromatic rings. The largest absolute Gasteiger partial charge is 0.465 e. The molecule has 0 bridgehead atoms. The molecule has 8 nitrogen and oxygen atoms in total. The number of fused-ring (bicyclic) bond motifs is 1. The monoisotopic (exact) mass is 374 g/mol. The van der Waals surface area contributed by atoms with Crippen molar-refractivity contribution in [2.24, 2.45) is 11.3 Å². The summed E-state index contributed by atoms with van der Waals surface area (Å²) in [6.07, 6.45) is 3.41. The van der Waals surface area contributed by atoms with E-state index in [1.807, 2.05) is 4.68 Å². The summed E-state index contributed by atoms with van der Waals surface area (Å²) in [4.78, 5) is 23.8. The van der Waals surface area contributed by atoms with E-state index in [0.717, 1.165) is 30.2 Å². The van der Waals surface area contributed by atoms with Crippen LogP contribution in [0.2, 0.25) is 0 Å². The van der Waals surface area contributed by atoms with Crippen LogP contribution in [-0.4, -0.2) is 43.4 Å². The predicted molar refractivity (Wildman–Crippen MR) is 102 cm³/mol. The summed E-state index contributed by atoms with van der Waals surface area (Å²) in [6, 6.07) is 4.76.